The van der Waals surface area contributed by atoms with Gasteiger partial charge < -0.3 is 4.90 Å². The lowest BCUT2D eigenvalue weighted by Crippen LogP contribution is -2.49. The van der Waals surface area contributed by atoms with Crippen LogP contribution in [-0.4, -0.2) is 65.2 Å². The Kier molecular flexibility index (Phi) is 4.28. The van der Waals surface area contributed by atoms with Crippen molar-refractivity contribution in [2.45, 2.75) is 26.3 Å². The van der Waals surface area contributed by atoms with Gasteiger partial charge in [-0.05, 0) is 26.0 Å². The number of rotatable bonds is 3. The first-order valence-corrected chi connectivity index (χ1v) is 9.10. The second kappa shape index (κ2) is 6.60. The number of imide groups is 1. The van der Waals surface area contributed by atoms with Crippen LogP contribution in [0.5, 0.6) is 0 Å². The molecule has 8 heteroatoms. The molecule has 0 aliphatic carbocycles. The number of piperazine rings is 1. The first kappa shape index (κ1) is 16.8. The number of nitrogens with one attached hydrogen (secondary N) is 1. The largest absolute Gasteiger partial charge is 0.368 e. The molecule has 0 bridgehead atoms. The van der Waals surface area contributed by atoms with Gasteiger partial charge in [-0.15, -0.1) is 0 Å². The van der Waals surface area contributed by atoms with Crippen molar-refractivity contribution in [3.05, 3.63) is 24.5 Å². The number of pyridine rings is 1. The summed E-state index contributed by atoms with van der Waals surface area (Å²) in [6.45, 7) is 8.95. The highest BCUT2D eigenvalue weighted by Crippen LogP contribution is 2.26. The summed E-state index contributed by atoms with van der Waals surface area (Å²) >= 11 is 0. The zero-order chi connectivity index (χ0) is 18.3. The van der Waals surface area contributed by atoms with Crippen LogP contribution in [0.2, 0.25) is 0 Å². The molecule has 4 heterocycles. The van der Waals surface area contributed by atoms with E-state index in [1.54, 1.807) is 11.1 Å². The summed E-state index contributed by atoms with van der Waals surface area (Å²) in [5.74, 6) is -0.231. The fraction of sp³-hybridized carbons (Fsp3) is 0.500. The summed E-state index contributed by atoms with van der Waals surface area (Å²) in [5, 5.41) is 6.78. The van der Waals surface area contributed by atoms with Crippen molar-refractivity contribution < 1.29 is 9.59 Å². The molecule has 2 aromatic rings. The zero-order valence-corrected chi connectivity index (χ0v) is 15.2. The standard InChI is InChI=1S/C18H24N6O2/c1-13(2)21-7-9-22(10-8-21)14-3-4-15-16(11-19-24(15)12-14)23-6-5-17(25)20-18(23)26/h3-4,11-13H,5-10H2,1-2H3,(H,20,25,26). The fourth-order valence-electron chi connectivity index (χ4n) is 3.65. The Balaban J connectivity index is 1.54. The van der Waals surface area contributed by atoms with Gasteiger partial charge in [0.25, 0.3) is 0 Å². The van der Waals surface area contributed by atoms with Crippen LogP contribution in [0.25, 0.3) is 5.52 Å². The lowest BCUT2D eigenvalue weighted by Gasteiger charge is -2.38. The summed E-state index contributed by atoms with van der Waals surface area (Å²) in [4.78, 5) is 29.9. The number of hydrogen-bond acceptors (Lipinski definition) is 5. The summed E-state index contributed by atoms with van der Waals surface area (Å²) in [6.07, 6.45) is 4.00. The molecular weight excluding hydrogens is 332 g/mol. The maximum atomic E-state index is 12.1. The Bertz CT molecular complexity index is 837. The normalized spacial score (nSPS) is 19.5. The number of aromatic nitrogens is 2. The van der Waals surface area contributed by atoms with E-state index in [0.29, 0.717) is 19.0 Å². The van der Waals surface area contributed by atoms with E-state index in [9.17, 15) is 9.59 Å². The van der Waals surface area contributed by atoms with Gasteiger partial charge in [0.1, 0.15) is 0 Å². The van der Waals surface area contributed by atoms with E-state index in [0.717, 1.165) is 43.1 Å². The lowest BCUT2D eigenvalue weighted by atomic mass is 10.2. The van der Waals surface area contributed by atoms with E-state index in [1.807, 2.05) is 16.8 Å². The number of urea groups is 1. The van der Waals surface area contributed by atoms with Gasteiger partial charge in [-0.1, -0.05) is 0 Å². The van der Waals surface area contributed by atoms with E-state index in [1.165, 1.54) is 0 Å². The zero-order valence-electron chi connectivity index (χ0n) is 15.2. The Hall–Kier alpha value is -2.61. The molecule has 2 saturated heterocycles. The molecule has 2 aliphatic rings. The van der Waals surface area contributed by atoms with Gasteiger partial charge in [-0.3, -0.25) is 19.9 Å². The Morgan fingerprint density at radius 3 is 2.54 bits per heavy atom. The predicted octanol–water partition coefficient (Wildman–Crippen LogP) is 1.31. The SMILES string of the molecule is CC(C)N1CCN(c2ccc3c(N4CCC(=O)NC4=O)cnn3c2)CC1. The minimum absolute atomic E-state index is 0.231. The third-order valence-corrected chi connectivity index (χ3v) is 5.23. The first-order chi connectivity index (χ1) is 12.5. The van der Waals surface area contributed by atoms with Crippen molar-refractivity contribution >= 4 is 28.8 Å². The summed E-state index contributed by atoms with van der Waals surface area (Å²) in [5.41, 5.74) is 2.72. The summed E-state index contributed by atoms with van der Waals surface area (Å²) in [7, 11) is 0. The van der Waals surface area contributed by atoms with Crippen molar-refractivity contribution in [1.29, 1.82) is 0 Å². The van der Waals surface area contributed by atoms with E-state index < -0.39 is 0 Å². The molecule has 0 saturated carbocycles. The molecule has 8 nitrogen and oxygen atoms in total. The summed E-state index contributed by atoms with van der Waals surface area (Å²) in [6, 6.07) is 4.27. The molecule has 3 amide bonds. The minimum atomic E-state index is -0.384. The minimum Gasteiger partial charge on any atom is -0.368 e. The maximum Gasteiger partial charge on any atom is 0.328 e. The van der Waals surface area contributed by atoms with Crippen molar-refractivity contribution in [2.24, 2.45) is 0 Å². The molecule has 2 fully saturated rings. The molecule has 0 unspecified atom stereocenters. The highest BCUT2D eigenvalue weighted by molar-refractivity contribution is 6.07. The molecule has 0 aromatic carbocycles. The number of nitrogens with zero attached hydrogens (tertiary/aromatic N) is 5. The number of amides is 3. The maximum absolute atomic E-state index is 12.1. The lowest BCUT2D eigenvalue weighted by molar-refractivity contribution is -0.120. The average Bonchev–Trinajstić information content (AvgIpc) is 3.05. The molecule has 138 valence electrons. The van der Waals surface area contributed by atoms with Gasteiger partial charge in [-0.2, -0.15) is 5.10 Å². The number of carbonyl (C=O) groups is 2. The second-order valence-electron chi connectivity index (χ2n) is 7.12. The third-order valence-electron chi connectivity index (χ3n) is 5.23. The molecule has 0 atom stereocenters. The predicted molar refractivity (Wildman–Crippen MR) is 99.6 cm³/mol. The smallest absolute Gasteiger partial charge is 0.328 e. The second-order valence-corrected chi connectivity index (χ2v) is 7.12. The number of anilines is 2. The third kappa shape index (κ3) is 3.01. The monoisotopic (exact) mass is 356 g/mol. The van der Waals surface area contributed by atoms with Crippen molar-refractivity contribution in [1.82, 2.24) is 19.8 Å². The van der Waals surface area contributed by atoms with Crippen LogP contribution in [0, 0.1) is 0 Å². The van der Waals surface area contributed by atoms with Crippen LogP contribution < -0.4 is 15.1 Å². The van der Waals surface area contributed by atoms with E-state index in [2.05, 4.69) is 40.1 Å². The number of hydrogen-bond donors (Lipinski definition) is 1. The van der Waals surface area contributed by atoms with Crippen LogP contribution in [-0.2, 0) is 4.79 Å². The van der Waals surface area contributed by atoms with E-state index >= 15 is 0 Å². The molecule has 1 N–H and O–H groups in total. The van der Waals surface area contributed by atoms with Gasteiger partial charge in [0.15, 0.2) is 0 Å². The molecule has 0 radical (unpaired) electrons. The van der Waals surface area contributed by atoms with Crippen molar-refractivity contribution in [3.63, 3.8) is 0 Å². The van der Waals surface area contributed by atoms with Crippen LogP contribution in [0.3, 0.4) is 0 Å². The quantitative estimate of drug-likeness (QED) is 0.898. The molecule has 26 heavy (non-hydrogen) atoms. The summed E-state index contributed by atoms with van der Waals surface area (Å²) < 4.78 is 1.81. The average molecular weight is 356 g/mol. The Morgan fingerprint density at radius 1 is 1.08 bits per heavy atom. The molecule has 2 aromatic heterocycles. The molecule has 2 aliphatic heterocycles. The van der Waals surface area contributed by atoms with Crippen molar-refractivity contribution in [3.8, 4) is 0 Å². The van der Waals surface area contributed by atoms with Crippen LogP contribution in [0.15, 0.2) is 24.5 Å². The highest BCUT2D eigenvalue weighted by atomic mass is 16.2. The molecule has 0 spiro atoms. The van der Waals surface area contributed by atoms with Gasteiger partial charge in [0, 0.05) is 45.2 Å². The Morgan fingerprint density at radius 2 is 1.85 bits per heavy atom. The van der Waals surface area contributed by atoms with Gasteiger partial charge in [0.05, 0.1) is 29.3 Å². The van der Waals surface area contributed by atoms with Crippen LogP contribution >= 0.6 is 0 Å². The fourth-order valence-corrected chi connectivity index (χ4v) is 3.65. The van der Waals surface area contributed by atoms with Crippen LogP contribution in [0.1, 0.15) is 20.3 Å². The Labute approximate surface area is 152 Å². The van der Waals surface area contributed by atoms with Gasteiger partial charge >= 0.3 is 6.03 Å². The first-order valence-electron chi connectivity index (χ1n) is 9.10. The van der Waals surface area contributed by atoms with E-state index in [4.69, 9.17) is 0 Å². The topological polar surface area (TPSA) is 73.2 Å². The highest BCUT2D eigenvalue weighted by Gasteiger charge is 2.27. The number of carbonyl (C=O) groups excluding carboxylic acids is 2. The van der Waals surface area contributed by atoms with Gasteiger partial charge in [0.2, 0.25) is 5.91 Å². The van der Waals surface area contributed by atoms with Crippen LogP contribution in [0.4, 0.5) is 16.2 Å². The molecule has 4 rings (SSSR count). The number of fused-ring (bicyclic) bond motifs is 1. The van der Waals surface area contributed by atoms with Crippen molar-refractivity contribution in [2.75, 3.05) is 42.5 Å². The van der Waals surface area contributed by atoms with Gasteiger partial charge in [-0.25, -0.2) is 9.31 Å². The van der Waals surface area contributed by atoms with E-state index in [-0.39, 0.29) is 11.9 Å². The molecular formula is C18H24N6O2.